The minimum absolute atomic E-state index is 0.132. The zero-order chi connectivity index (χ0) is 13.0. The second kappa shape index (κ2) is 6.34. The van der Waals surface area contributed by atoms with Gasteiger partial charge in [-0.25, -0.2) is 0 Å². The molecule has 1 atom stereocenters. The van der Waals surface area contributed by atoms with Gasteiger partial charge < -0.3 is 10.0 Å². The van der Waals surface area contributed by atoms with Crippen molar-refractivity contribution in [3.63, 3.8) is 0 Å². The van der Waals surface area contributed by atoms with E-state index in [1.54, 1.807) is 0 Å². The van der Waals surface area contributed by atoms with E-state index in [0.29, 0.717) is 5.56 Å². The number of halogens is 1. The molecule has 1 fully saturated rings. The summed E-state index contributed by atoms with van der Waals surface area (Å²) in [5, 5.41) is 9.53. The monoisotopic (exact) mass is 311 g/mol. The Labute approximate surface area is 116 Å². The summed E-state index contributed by atoms with van der Waals surface area (Å²) in [6.45, 7) is 1.06. The summed E-state index contributed by atoms with van der Waals surface area (Å²) in [5.41, 5.74) is 1.62. The molecule has 1 unspecified atom stereocenters. The van der Waals surface area contributed by atoms with Gasteiger partial charge in [-0.3, -0.25) is 4.79 Å². The standard InChI is InChI=1S/C14H18BrNO2/c15-12-5-6-14(11(8-12)9-17)16-7-3-1-2-4-13(16)10-18/h5-6,8-9,13,18H,1-4,7,10H2. The molecule has 0 spiro atoms. The van der Waals surface area contributed by atoms with E-state index in [0.717, 1.165) is 42.3 Å². The number of hydrogen-bond acceptors (Lipinski definition) is 3. The SMILES string of the molecule is O=Cc1cc(Br)ccc1N1CCCCCC1CO. The topological polar surface area (TPSA) is 40.5 Å². The van der Waals surface area contributed by atoms with Crippen molar-refractivity contribution in [3.05, 3.63) is 28.2 Å². The van der Waals surface area contributed by atoms with Gasteiger partial charge in [-0.15, -0.1) is 0 Å². The molecule has 0 aromatic heterocycles. The average Bonchev–Trinajstić information content (AvgIpc) is 2.63. The predicted molar refractivity (Wildman–Crippen MR) is 76.2 cm³/mol. The molecule has 0 radical (unpaired) electrons. The molecular formula is C14H18BrNO2. The van der Waals surface area contributed by atoms with E-state index in [-0.39, 0.29) is 12.6 Å². The van der Waals surface area contributed by atoms with Crippen molar-refractivity contribution in [3.8, 4) is 0 Å². The van der Waals surface area contributed by atoms with Crippen LogP contribution in [0, 0.1) is 0 Å². The van der Waals surface area contributed by atoms with E-state index >= 15 is 0 Å². The summed E-state index contributed by atoms with van der Waals surface area (Å²) in [6.07, 6.45) is 5.34. The van der Waals surface area contributed by atoms with Gasteiger partial charge in [-0.05, 0) is 31.0 Å². The minimum Gasteiger partial charge on any atom is -0.394 e. The van der Waals surface area contributed by atoms with Gasteiger partial charge in [0.2, 0.25) is 0 Å². The molecule has 1 aromatic carbocycles. The number of anilines is 1. The largest absolute Gasteiger partial charge is 0.394 e. The molecule has 0 aliphatic carbocycles. The Balaban J connectivity index is 2.35. The summed E-state index contributed by atoms with van der Waals surface area (Å²) in [7, 11) is 0. The molecule has 2 rings (SSSR count). The molecule has 4 heteroatoms. The van der Waals surface area contributed by atoms with Crippen LogP contribution in [-0.2, 0) is 0 Å². The fraction of sp³-hybridized carbons (Fsp3) is 0.500. The number of carbonyl (C=O) groups excluding carboxylic acids is 1. The highest BCUT2D eigenvalue weighted by Crippen LogP contribution is 2.28. The van der Waals surface area contributed by atoms with Gasteiger partial charge in [0.15, 0.2) is 6.29 Å². The molecule has 1 saturated heterocycles. The number of aliphatic hydroxyl groups is 1. The lowest BCUT2D eigenvalue weighted by atomic mass is 10.1. The molecule has 0 amide bonds. The van der Waals surface area contributed by atoms with Crippen LogP contribution in [0.4, 0.5) is 5.69 Å². The minimum atomic E-state index is 0.132. The highest BCUT2D eigenvalue weighted by atomic mass is 79.9. The van der Waals surface area contributed by atoms with Crippen molar-refractivity contribution in [2.75, 3.05) is 18.1 Å². The van der Waals surface area contributed by atoms with Crippen molar-refractivity contribution in [1.82, 2.24) is 0 Å². The van der Waals surface area contributed by atoms with E-state index in [2.05, 4.69) is 20.8 Å². The summed E-state index contributed by atoms with van der Waals surface area (Å²) >= 11 is 3.38. The Morgan fingerprint density at radius 3 is 2.94 bits per heavy atom. The summed E-state index contributed by atoms with van der Waals surface area (Å²) in [5.74, 6) is 0. The number of hydrogen-bond donors (Lipinski definition) is 1. The molecular weight excluding hydrogens is 294 g/mol. The van der Waals surface area contributed by atoms with Crippen LogP contribution in [0.3, 0.4) is 0 Å². The fourth-order valence-corrected chi connectivity index (χ4v) is 2.94. The molecule has 18 heavy (non-hydrogen) atoms. The zero-order valence-electron chi connectivity index (χ0n) is 10.3. The Hall–Kier alpha value is -0.870. The van der Waals surface area contributed by atoms with E-state index in [1.165, 1.54) is 6.42 Å². The third-order valence-corrected chi connectivity index (χ3v) is 4.01. The second-order valence-electron chi connectivity index (χ2n) is 4.70. The van der Waals surface area contributed by atoms with Gasteiger partial charge in [0, 0.05) is 22.3 Å². The first kappa shape index (κ1) is 13.6. The van der Waals surface area contributed by atoms with E-state index in [1.807, 2.05) is 18.2 Å². The molecule has 1 aromatic rings. The number of carbonyl (C=O) groups is 1. The number of benzene rings is 1. The first-order valence-electron chi connectivity index (χ1n) is 6.38. The maximum atomic E-state index is 11.2. The van der Waals surface area contributed by atoms with Crippen LogP contribution >= 0.6 is 15.9 Å². The highest BCUT2D eigenvalue weighted by Gasteiger charge is 2.22. The molecule has 0 saturated carbocycles. The quantitative estimate of drug-likeness (QED) is 0.872. The van der Waals surface area contributed by atoms with Crippen molar-refractivity contribution < 1.29 is 9.90 Å². The normalized spacial score (nSPS) is 20.6. The first-order valence-corrected chi connectivity index (χ1v) is 7.18. The lowest BCUT2D eigenvalue weighted by Gasteiger charge is -2.31. The predicted octanol–water partition coefficient (Wildman–Crippen LogP) is 3.00. The van der Waals surface area contributed by atoms with E-state index in [4.69, 9.17) is 0 Å². The van der Waals surface area contributed by atoms with Crippen molar-refractivity contribution in [1.29, 1.82) is 0 Å². The Kier molecular flexibility index (Phi) is 4.78. The Bertz CT molecular complexity index is 422. The van der Waals surface area contributed by atoms with Gasteiger partial charge in [0.25, 0.3) is 0 Å². The van der Waals surface area contributed by atoms with Gasteiger partial charge in [-0.2, -0.15) is 0 Å². The highest BCUT2D eigenvalue weighted by molar-refractivity contribution is 9.10. The van der Waals surface area contributed by atoms with Crippen LogP contribution in [0.5, 0.6) is 0 Å². The molecule has 1 aliphatic heterocycles. The van der Waals surface area contributed by atoms with Gasteiger partial charge in [0.05, 0.1) is 12.6 Å². The number of aldehydes is 1. The smallest absolute Gasteiger partial charge is 0.152 e. The van der Waals surface area contributed by atoms with Crippen LogP contribution in [0.15, 0.2) is 22.7 Å². The van der Waals surface area contributed by atoms with Crippen LogP contribution in [0.1, 0.15) is 36.0 Å². The third kappa shape index (κ3) is 2.93. The van der Waals surface area contributed by atoms with E-state index in [9.17, 15) is 9.90 Å². The Morgan fingerprint density at radius 2 is 2.22 bits per heavy atom. The van der Waals surface area contributed by atoms with Crippen LogP contribution < -0.4 is 4.90 Å². The van der Waals surface area contributed by atoms with Crippen molar-refractivity contribution in [2.45, 2.75) is 31.7 Å². The summed E-state index contributed by atoms with van der Waals surface area (Å²) in [6, 6.07) is 5.87. The van der Waals surface area contributed by atoms with Gasteiger partial charge >= 0.3 is 0 Å². The third-order valence-electron chi connectivity index (χ3n) is 3.51. The zero-order valence-corrected chi connectivity index (χ0v) is 11.9. The molecule has 98 valence electrons. The maximum absolute atomic E-state index is 11.2. The van der Waals surface area contributed by atoms with Crippen LogP contribution in [-0.4, -0.2) is 30.6 Å². The number of nitrogens with zero attached hydrogens (tertiary/aromatic N) is 1. The van der Waals surface area contributed by atoms with Gasteiger partial charge in [-0.1, -0.05) is 28.8 Å². The van der Waals surface area contributed by atoms with Crippen LogP contribution in [0.25, 0.3) is 0 Å². The molecule has 0 bridgehead atoms. The molecule has 3 nitrogen and oxygen atoms in total. The van der Waals surface area contributed by atoms with Crippen molar-refractivity contribution in [2.24, 2.45) is 0 Å². The van der Waals surface area contributed by atoms with Gasteiger partial charge in [0.1, 0.15) is 0 Å². The summed E-state index contributed by atoms with van der Waals surface area (Å²) in [4.78, 5) is 13.4. The van der Waals surface area contributed by atoms with Crippen LogP contribution in [0.2, 0.25) is 0 Å². The molecule has 1 N–H and O–H groups in total. The van der Waals surface area contributed by atoms with E-state index < -0.39 is 0 Å². The lowest BCUT2D eigenvalue weighted by Crippen LogP contribution is -2.38. The molecule has 1 aliphatic rings. The maximum Gasteiger partial charge on any atom is 0.152 e. The average molecular weight is 312 g/mol. The lowest BCUT2D eigenvalue weighted by molar-refractivity contribution is 0.112. The Morgan fingerprint density at radius 1 is 1.39 bits per heavy atom. The second-order valence-corrected chi connectivity index (χ2v) is 5.62. The van der Waals surface area contributed by atoms with Crippen molar-refractivity contribution >= 4 is 27.9 Å². The first-order chi connectivity index (χ1) is 8.76. The molecule has 1 heterocycles. The number of rotatable bonds is 3. The number of aliphatic hydroxyl groups excluding tert-OH is 1. The summed E-state index contributed by atoms with van der Waals surface area (Å²) < 4.78 is 0.906. The fourth-order valence-electron chi connectivity index (χ4n) is 2.57.